The number of aliphatic hydroxyl groups is 1. The monoisotopic (exact) mass is 427 g/mol. The third-order valence-corrected chi connectivity index (χ3v) is 6.63. The maximum absolute atomic E-state index is 13.7. The molecule has 4 rings (SSSR count). The van der Waals surface area contributed by atoms with Crippen LogP contribution >= 0.6 is 11.6 Å². The van der Waals surface area contributed by atoms with Gasteiger partial charge in [-0.25, -0.2) is 0 Å². The second kappa shape index (κ2) is 7.38. The highest BCUT2D eigenvalue weighted by Crippen LogP contribution is 2.50. The van der Waals surface area contributed by atoms with Gasteiger partial charge in [0.15, 0.2) is 5.54 Å². The van der Waals surface area contributed by atoms with Crippen LogP contribution in [-0.2, 0) is 15.1 Å². The van der Waals surface area contributed by atoms with Crippen LogP contribution in [0.1, 0.15) is 28.7 Å². The highest BCUT2D eigenvalue weighted by atomic mass is 35.5. The van der Waals surface area contributed by atoms with Gasteiger partial charge in [0, 0.05) is 42.5 Å². The van der Waals surface area contributed by atoms with Crippen molar-refractivity contribution in [2.24, 2.45) is 0 Å². The molecule has 1 unspecified atom stereocenters. The molecule has 0 radical (unpaired) electrons. The van der Waals surface area contributed by atoms with Gasteiger partial charge in [0.25, 0.3) is 5.91 Å². The Kier molecular flexibility index (Phi) is 5.12. The number of nitrogens with one attached hydrogen (secondary N) is 1. The Labute approximate surface area is 181 Å². The molecule has 0 aliphatic carbocycles. The fraction of sp³-hybridized carbons (Fsp3) is 0.391. The van der Waals surface area contributed by atoms with E-state index in [0.29, 0.717) is 16.3 Å². The second-order valence-electron chi connectivity index (χ2n) is 8.42. The number of halogens is 1. The van der Waals surface area contributed by atoms with Crippen molar-refractivity contribution in [1.82, 2.24) is 9.80 Å². The number of benzene rings is 2. The van der Waals surface area contributed by atoms with Gasteiger partial charge in [-0.1, -0.05) is 35.9 Å². The summed E-state index contributed by atoms with van der Waals surface area (Å²) in [6.45, 7) is 4.18. The van der Waals surface area contributed by atoms with Crippen molar-refractivity contribution in [3.8, 4) is 0 Å². The standard InChI is InChI=1S/C23H26ClN3O3/c1-13-9-17-19(10-14(13)2)25-22(30)23(17,16-7-5-6-8-18(16)24)27-12-15(28)11-20(27)21(29)26(3)4/h5-10,15,20,28H,11-12H2,1-4H3,(H,25,30)/t15-,20+,23?/m1/s1. The summed E-state index contributed by atoms with van der Waals surface area (Å²) in [4.78, 5) is 30.1. The molecule has 158 valence electrons. The first-order chi connectivity index (χ1) is 14.2. The Hall–Kier alpha value is -2.41. The first-order valence-electron chi connectivity index (χ1n) is 10.0. The van der Waals surface area contributed by atoms with Crippen LogP contribution in [0.15, 0.2) is 36.4 Å². The van der Waals surface area contributed by atoms with Gasteiger partial charge in [-0.15, -0.1) is 0 Å². The van der Waals surface area contributed by atoms with E-state index in [9.17, 15) is 14.7 Å². The number of likely N-dealkylation sites (N-methyl/N-ethyl adjacent to an activating group) is 1. The van der Waals surface area contributed by atoms with E-state index in [-0.39, 0.29) is 24.8 Å². The fourth-order valence-electron chi connectivity index (χ4n) is 4.73. The first kappa shape index (κ1) is 20.8. The van der Waals surface area contributed by atoms with E-state index in [1.165, 1.54) is 4.90 Å². The van der Waals surface area contributed by atoms with Gasteiger partial charge in [-0.2, -0.15) is 0 Å². The summed E-state index contributed by atoms with van der Waals surface area (Å²) in [5, 5.41) is 14.0. The normalized spacial score (nSPS) is 25.9. The summed E-state index contributed by atoms with van der Waals surface area (Å²) in [5.41, 5.74) is 2.87. The van der Waals surface area contributed by atoms with Gasteiger partial charge >= 0.3 is 0 Å². The quantitative estimate of drug-likeness (QED) is 0.789. The van der Waals surface area contributed by atoms with Crippen LogP contribution < -0.4 is 5.32 Å². The van der Waals surface area contributed by atoms with Crippen LogP contribution in [-0.4, -0.2) is 59.5 Å². The zero-order valence-corrected chi connectivity index (χ0v) is 18.3. The lowest BCUT2D eigenvalue weighted by atomic mass is 9.80. The molecule has 0 bridgehead atoms. The molecular weight excluding hydrogens is 402 g/mol. The molecule has 2 amide bonds. The number of aryl methyl sites for hydroxylation is 2. The highest BCUT2D eigenvalue weighted by Gasteiger charge is 2.59. The van der Waals surface area contributed by atoms with Crippen molar-refractivity contribution in [1.29, 1.82) is 0 Å². The Morgan fingerprint density at radius 2 is 1.87 bits per heavy atom. The Bertz CT molecular complexity index is 1040. The molecule has 6 nitrogen and oxygen atoms in total. The molecule has 3 atom stereocenters. The van der Waals surface area contributed by atoms with E-state index in [1.54, 1.807) is 20.2 Å². The third kappa shape index (κ3) is 2.94. The highest BCUT2D eigenvalue weighted by molar-refractivity contribution is 6.32. The zero-order valence-electron chi connectivity index (χ0n) is 17.6. The van der Waals surface area contributed by atoms with E-state index >= 15 is 0 Å². The molecule has 2 aromatic carbocycles. The fourth-order valence-corrected chi connectivity index (χ4v) is 5.01. The second-order valence-corrected chi connectivity index (χ2v) is 8.82. The van der Waals surface area contributed by atoms with E-state index < -0.39 is 17.7 Å². The largest absolute Gasteiger partial charge is 0.392 e. The summed E-state index contributed by atoms with van der Waals surface area (Å²) < 4.78 is 0. The van der Waals surface area contributed by atoms with Crippen molar-refractivity contribution in [3.63, 3.8) is 0 Å². The average Bonchev–Trinajstić information content (AvgIpc) is 3.20. The minimum absolute atomic E-state index is 0.150. The molecule has 2 N–H and O–H groups in total. The number of fused-ring (bicyclic) bond motifs is 1. The molecule has 7 heteroatoms. The summed E-state index contributed by atoms with van der Waals surface area (Å²) in [6.07, 6.45) is -0.460. The number of carbonyl (C=O) groups excluding carboxylic acids is 2. The van der Waals surface area contributed by atoms with Crippen molar-refractivity contribution in [3.05, 3.63) is 63.7 Å². The molecule has 2 heterocycles. The summed E-state index contributed by atoms with van der Waals surface area (Å²) in [6, 6.07) is 10.5. The molecule has 2 aliphatic heterocycles. The molecule has 2 aromatic rings. The van der Waals surface area contributed by atoms with Gasteiger partial charge in [0.2, 0.25) is 5.91 Å². The minimum atomic E-state index is -1.31. The van der Waals surface area contributed by atoms with E-state index in [1.807, 2.05) is 49.1 Å². The SMILES string of the molecule is Cc1cc2c(cc1C)C(c1ccccc1Cl)(N1C[C@H](O)C[C@H]1C(=O)N(C)C)C(=O)N2. The van der Waals surface area contributed by atoms with Crippen LogP contribution in [0.4, 0.5) is 5.69 Å². The third-order valence-electron chi connectivity index (χ3n) is 6.30. The van der Waals surface area contributed by atoms with Gasteiger partial charge in [0.1, 0.15) is 0 Å². The number of β-amino-alcohol motifs (C(OH)–C–C–N with tert-alkyl or cyclic N) is 1. The number of anilines is 1. The van der Waals surface area contributed by atoms with Crippen molar-refractivity contribution < 1.29 is 14.7 Å². The lowest BCUT2D eigenvalue weighted by Crippen LogP contribution is -2.57. The topological polar surface area (TPSA) is 72.9 Å². The number of amides is 2. The van der Waals surface area contributed by atoms with Crippen molar-refractivity contribution >= 4 is 29.1 Å². The molecular formula is C23H26ClN3O3. The summed E-state index contributed by atoms with van der Waals surface area (Å²) in [5.74, 6) is -0.413. The number of likely N-dealkylation sites (tertiary alicyclic amines) is 1. The van der Waals surface area contributed by atoms with Crippen LogP contribution in [0.3, 0.4) is 0 Å². The number of nitrogens with zero attached hydrogens (tertiary/aromatic N) is 2. The predicted molar refractivity (Wildman–Crippen MR) is 117 cm³/mol. The molecule has 2 aliphatic rings. The number of carbonyl (C=O) groups is 2. The molecule has 0 spiro atoms. The van der Waals surface area contributed by atoms with E-state index in [0.717, 1.165) is 16.7 Å². The number of rotatable bonds is 3. The van der Waals surface area contributed by atoms with Crippen LogP contribution in [0.2, 0.25) is 5.02 Å². The molecule has 1 saturated heterocycles. The number of aliphatic hydroxyl groups excluding tert-OH is 1. The van der Waals surface area contributed by atoms with E-state index in [4.69, 9.17) is 11.6 Å². The molecule has 30 heavy (non-hydrogen) atoms. The smallest absolute Gasteiger partial charge is 0.254 e. The van der Waals surface area contributed by atoms with Crippen LogP contribution in [0.25, 0.3) is 0 Å². The van der Waals surface area contributed by atoms with Gasteiger partial charge in [-0.05, 0) is 43.5 Å². The number of hydrogen-bond acceptors (Lipinski definition) is 4. The van der Waals surface area contributed by atoms with Crippen molar-refractivity contribution in [2.75, 3.05) is 26.0 Å². The lowest BCUT2D eigenvalue weighted by Gasteiger charge is -2.41. The lowest BCUT2D eigenvalue weighted by molar-refractivity contribution is -0.138. The average molecular weight is 428 g/mol. The number of hydrogen-bond donors (Lipinski definition) is 2. The Morgan fingerprint density at radius 3 is 2.53 bits per heavy atom. The van der Waals surface area contributed by atoms with Gasteiger partial charge in [-0.3, -0.25) is 14.5 Å². The molecule has 0 aromatic heterocycles. The maximum Gasteiger partial charge on any atom is 0.254 e. The minimum Gasteiger partial charge on any atom is -0.392 e. The Balaban J connectivity index is 2.03. The van der Waals surface area contributed by atoms with Crippen molar-refractivity contribution in [2.45, 2.75) is 38.0 Å². The first-order valence-corrected chi connectivity index (χ1v) is 10.4. The summed E-state index contributed by atoms with van der Waals surface area (Å²) >= 11 is 6.64. The van der Waals surface area contributed by atoms with E-state index in [2.05, 4.69) is 5.32 Å². The van der Waals surface area contributed by atoms with Crippen LogP contribution in [0, 0.1) is 13.8 Å². The van der Waals surface area contributed by atoms with Gasteiger partial charge < -0.3 is 15.3 Å². The molecule has 1 fully saturated rings. The van der Waals surface area contributed by atoms with Gasteiger partial charge in [0.05, 0.1) is 12.1 Å². The predicted octanol–water partition coefficient (Wildman–Crippen LogP) is 2.68. The maximum atomic E-state index is 13.7. The molecule has 0 saturated carbocycles. The van der Waals surface area contributed by atoms with Crippen LogP contribution in [0.5, 0.6) is 0 Å². The summed E-state index contributed by atoms with van der Waals surface area (Å²) in [7, 11) is 3.37. The Morgan fingerprint density at radius 1 is 1.20 bits per heavy atom. The zero-order chi connectivity index (χ0) is 21.8.